The van der Waals surface area contributed by atoms with Gasteiger partial charge >= 0.3 is 12.2 Å². The lowest BCUT2D eigenvalue weighted by molar-refractivity contribution is -0.137. The zero-order chi connectivity index (χ0) is 20.5. The summed E-state index contributed by atoms with van der Waals surface area (Å²) in [6.07, 6.45) is -4.56. The third-order valence-electron chi connectivity index (χ3n) is 3.84. The lowest BCUT2D eigenvalue weighted by atomic mass is 10.1. The minimum Gasteiger partial charge on any atom is -0.369 e. The monoisotopic (exact) mass is 409 g/mol. The Morgan fingerprint density at radius 3 is 2.39 bits per heavy atom. The summed E-state index contributed by atoms with van der Waals surface area (Å²) in [5, 5.41) is 4.55. The number of anilines is 3. The number of aromatic amines is 1. The van der Waals surface area contributed by atoms with Crippen molar-refractivity contribution in [3.8, 4) is 11.3 Å². The van der Waals surface area contributed by atoms with Crippen LogP contribution in [-0.4, -0.2) is 16.0 Å². The largest absolute Gasteiger partial charge is 0.417 e. The number of nitrogens with zero attached hydrogens (tertiary/aromatic N) is 1. The number of carbonyl (C=O) groups is 1. The molecule has 0 bridgehead atoms. The fourth-order valence-electron chi connectivity index (χ4n) is 2.63. The van der Waals surface area contributed by atoms with Crippen molar-refractivity contribution < 1.29 is 18.0 Å². The average Bonchev–Trinajstić information content (AvgIpc) is 2.92. The summed E-state index contributed by atoms with van der Waals surface area (Å²) in [5.41, 5.74) is 7.46. The number of imidazole rings is 1. The molecule has 10 heteroatoms. The quantitative estimate of drug-likeness (QED) is 0.473. The second-order valence-electron chi connectivity index (χ2n) is 5.93. The molecule has 0 saturated heterocycles. The first-order valence-corrected chi connectivity index (χ1v) is 8.38. The van der Waals surface area contributed by atoms with Gasteiger partial charge in [0, 0.05) is 16.9 Å². The van der Waals surface area contributed by atoms with Gasteiger partial charge in [-0.1, -0.05) is 23.7 Å². The molecule has 2 aromatic carbocycles. The summed E-state index contributed by atoms with van der Waals surface area (Å²) in [5.74, 6) is 0.280. The van der Waals surface area contributed by atoms with Crippen molar-refractivity contribution in [2.75, 3.05) is 16.4 Å². The zero-order valence-corrected chi connectivity index (χ0v) is 15.2. The number of halogens is 4. The highest BCUT2D eigenvalue weighted by Crippen LogP contribution is 2.35. The Morgan fingerprint density at radius 1 is 1.14 bits per heavy atom. The van der Waals surface area contributed by atoms with Gasteiger partial charge in [0.2, 0.25) is 0 Å². The van der Waals surface area contributed by atoms with Gasteiger partial charge in [-0.05, 0) is 37.3 Å². The van der Waals surface area contributed by atoms with Gasteiger partial charge in [0.1, 0.15) is 0 Å². The van der Waals surface area contributed by atoms with Gasteiger partial charge in [0.05, 0.1) is 22.0 Å². The minimum absolute atomic E-state index is 0.129. The van der Waals surface area contributed by atoms with Crippen molar-refractivity contribution in [3.63, 3.8) is 0 Å². The van der Waals surface area contributed by atoms with Gasteiger partial charge in [-0.25, -0.2) is 9.78 Å². The van der Waals surface area contributed by atoms with E-state index in [0.29, 0.717) is 11.4 Å². The van der Waals surface area contributed by atoms with Crippen LogP contribution in [0.4, 0.5) is 35.3 Å². The van der Waals surface area contributed by atoms with Crippen LogP contribution in [0.5, 0.6) is 0 Å². The topological polar surface area (TPSA) is 95.8 Å². The van der Waals surface area contributed by atoms with E-state index in [2.05, 4.69) is 20.6 Å². The van der Waals surface area contributed by atoms with Crippen LogP contribution in [0.1, 0.15) is 11.3 Å². The van der Waals surface area contributed by atoms with Crippen molar-refractivity contribution >= 4 is 35.0 Å². The summed E-state index contributed by atoms with van der Waals surface area (Å²) in [4.78, 5) is 19.2. The first-order valence-electron chi connectivity index (χ1n) is 8.01. The van der Waals surface area contributed by atoms with E-state index in [9.17, 15) is 18.0 Å². The van der Waals surface area contributed by atoms with Crippen molar-refractivity contribution in [2.45, 2.75) is 13.1 Å². The fourth-order valence-corrected chi connectivity index (χ4v) is 2.92. The number of hydrogen-bond donors (Lipinski definition) is 4. The van der Waals surface area contributed by atoms with Gasteiger partial charge in [0.15, 0.2) is 5.95 Å². The van der Waals surface area contributed by atoms with Crippen LogP contribution in [0.25, 0.3) is 11.3 Å². The number of aromatic nitrogens is 2. The molecule has 0 spiro atoms. The molecule has 28 heavy (non-hydrogen) atoms. The SMILES string of the molecule is Cc1nc(N)[nH]c1-c1cccc(NC(=O)Nc2ccc(C(F)(F)F)c(Cl)c2)c1. The molecule has 0 aliphatic heterocycles. The van der Waals surface area contributed by atoms with Crippen LogP contribution in [0.2, 0.25) is 5.02 Å². The molecule has 146 valence electrons. The van der Waals surface area contributed by atoms with Crippen LogP contribution in [-0.2, 0) is 6.18 Å². The van der Waals surface area contributed by atoms with Gasteiger partial charge < -0.3 is 21.4 Å². The minimum atomic E-state index is -4.56. The molecular formula is C18H15ClF3N5O. The van der Waals surface area contributed by atoms with Gasteiger partial charge in [-0.3, -0.25) is 0 Å². The average molecular weight is 410 g/mol. The molecule has 3 rings (SSSR count). The first kappa shape index (κ1) is 19.6. The Balaban J connectivity index is 1.73. The number of H-pyrrole nitrogens is 1. The highest BCUT2D eigenvalue weighted by atomic mass is 35.5. The molecule has 0 aliphatic carbocycles. The summed E-state index contributed by atoms with van der Waals surface area (Å²) in [7, 11) is 0. The molecule has 2 amide bonds. The number of urea groups is 1. The number of benzene rings is 2. The van der Waals surface area contributed by atoms with E-state index in [1.54, 1.807) is 25.1 Å². The molecule has 1 heterocycles. The van der Waals surface area contributed by atoms with Crippen molar-refractivity contribution in [2.24, 2.45) is 0 Å². The number of nitrogens with one attached hydrogen (secondary N) is 3. The van der Waals surface area contributed by atoms with Gasteiger partial charge in [-0.2, -0.15) is 13.2 Å². The van der Waals surface area contributed by atoms with Crippen molar-refractivity contribution in [1.82, 2.24) is 9.97 Å². The molecule has 0 unspecified atom stereocenters. The summed E-state index contributed by atoms with van der Waals surface area (Å²) in [6, 6.07) is 9.27. The number of nitrogen functional groups attached to an aromatic ring is 1. The van der Waals surface area contributed by atoms with E-state index < -0.39 is 22.8 Å². The third-order valence-corrected chi connectivity index (χ3v) is 4.16. The summed E-state index contributed by atoms with van der Waals surface area (Å²) >= 11 is 5.65. The molecule has 1 aromatic heterocycles. The van der Waals surface area contributed by atoms with Crippen molar-refractivity contribution in [1.29, 1.82) is 0 Å². The number of nitrogens with two attached hydrogens (primary N) is 1. The number of alkyl halides is 3. The maximum atomic E-state index is 12.7. The van der Waals surface area contributed by atoms with Crippen molar-refractivity contribution in [3.05, 3.63) is 58.7 Å². The highest BCUT2D eigenvalue weighted by Gasteiger charge is 2.33. The number of hydrogen-bond acceptors (Lipinski definition) is 3. The van der Waals surface area contributed by atoms with E-state index in [1.807, 2.05) is 6.07 Å². The lowest BCUT2D eigenvalue weighted by Gasteiger charge is -2.12. The molecular weight excluding hydrogens is 395 g/mol. The zero-order valence-electron chi connectivity index (χ0n) is 14.5. The summed E-state index contributed by atoms with van der Waals surface area (Å²) in [6.45, 7) is 1.79. The smallest absolute Gasteiger partial charge is 0.369 e. The highest BCUT2D eigenvalue weighted by molar-refractivity contribution is 6.31. The van der Waals surface area contributed by atoms with Gasteiger partial charge in [0.25, 0.3) is 0 Å². The van der Waals surface area contributed by atoms with Crippen LogP contribution in [0.3, 0.4) is 0 Å². The predicted octanol–water partition coefficient (Wildman–Crippen LogP) is 5.28. The fraction of sp³-hybridized carbons (Fsp3) is 0.111. The number of aryl methyl sites for hydroxylation is 1. The van der Waals surface area contributed by atoms with E-state index in [-0.39, 0.29) is 11.6 Å². The third kappa shape index (κ3) is 4.37. The normalized spacial score (nSPS) is 11.3. The number of carbonyl (C=O) groups excluding carboxylic acids is 1. The predicted molar refractivity (Wildman–Crippen MR) is 102 cm³/mol. The van der Waals surface area contributed by atoms with E-state index >= 15 is 0 Å². The standard InChI is InChI=1S/C18H15ClF3N5O/c1-9-15(27-16(23)24-9)10-3-2-4-11(7-10)25-17(28)26-12-5-6-13(14(19)8-12)18(20,21)22/h2-8H,1H3,(H3,23,24,27)(H2,25,26,28). The second-order valence-corrected chi connectivity index (χ2v) is 6.34. The molecule has 0 fully saturated rings. The molecule has 0 radical (unpaired) electrons. The Bertz CT molecular complexity index is 1030. The van der Waals surface area contributed by atoms with Crippen LogP contribution in [0, 0.1) is 6.92 Å². The Hall–Kier alpha value is -3.20. The Labute approximate surface area is 162 Å². The van der Waals surface area contributed by atoms with E-state index in [0.717, 1.165) is 29.5 Å². The maximum Gasteiger partial charge on any atom is 0.417 e. The Kier molecular flexibility index (Phi) is 5.19. The number of amides is 2. The van der Waals surface area contributed by atoms with Crippen LogP contribution in [0.15, 0.2) is 42.5 Å². The molecule has 3 aromatic rings. The molecule has 6 nitrogen and oxygen atoms in total. The van der Waals surface area contributed by atoms with E-state index in [1.165, 1.54) is 0 Å². The maximum absolute atomic E-state index is 12.7. The first-order chi connectivity index (χ1) is 13.1. The molecule has 0 atom stereocenters. The Morgan fingerprint density at radius 2 is 1.82 bits per heavy atom. The van der Waals surface area contributed by atoms with E-state index in [4.69, 9.17) is 17.3 Å². The molecule has 0 aliphatic rings. The van der Waals surface area contributed by atoms with Gasteiger partial charge in [-0.15, -0.1) is 0 Å². The second kappa shape index (κ2) is 7.43. The summed E-state index contributed by atoms with van der Waals surface area (Å²) < 4.78 is 38.2. The van der Waals surface area contributed by atoms with Crippen LogP contribution < -0.4 is 16.4 Å². The molecule has 5 N–H and O–H groups in total. The molecule has 0 saturated carbocycles. The lowest BCUT2D eigenvalue weighted by Crippen LogP contribution is -2.19. The number of rotatable bonds is 3. The van der Waals surface area contributed by atoms with Crippen LogP contribution >= 0.6 is 11.6 Å².